The molecule has 0 saturated heterocycles. The molecule has 256 valence electrons. The van der Waals surface area contributed by atoms with E-state index in [4.69, 9.17) is 19.5 Å². The molecule has 2 N–H and O–H groups in total. The van der Waals surface area contributed by atoms with Gasteiger partial charge in [0, 0.05) is 13.2 Å². The molecular formula is C34H64N3O6P. The van der Waals surface area contributed by atoms with E-state index in [1.807, 2.05) is 51.5 Å². The molecular weight excluding hydrogens is 577 g/mol. The molecule has 1 aromatic carbocycles. The van der Waals surface area contributed by atoms with E-state index in [-0.39, 0.29) is 26.3 Å². The highest BCUT2D eigenvalue weighted by Crippen LogP contribution is 2.40. The van der Waals surface area contributed by atoms with Crippen LogP contribution in [0.4, 0.5) is 4.79 Å². The fraction of sp³-hybridized carbons (Fsp3) is 0.794. The summed E-state index contributed by atoms with van der Waals surface area (Å²) < 4.78 is 29.5. The molecule has 0 fully saturated rings. The van der Waals surface area contributed by atoms with Crippen LogP contribution in [0, 0.1) is 0 Å². The van der Waals surface area contributed by atoms with Crippen molar-refractivity contribution in [2.24, 2.45) is 5.73 Å². The summed E-state index contributed by atoms with van der Waals surface area (Å²) >= 11 is 0. The molecule has 9 nitrogen and oxygen atoms in total. The monoisotopic (exact) mass is 641 g/mol. The third-order valence-electron chi connectivity index (χ3n) is 7.69. The minimum Gasteiger partial charge on any atom is -0.756 e. The fourth-order valence-electron chi connectivity index (χ4n) is 5.01. The van der Waals surface area contributed by atoms with E-state index in [1.165, 1.54) is 94.8 Å². The normalized spacial score (nSPS) is 13.9. The van der Waals surface area contributed by atoms with Crippen LogP contribution < -0.4 is 10.6 Å². The number of urea groups is 1. The Morgan fingerprint density at radius 2 is 1.34 bits per heavy atom. The molecule has 0 heterocycles. The van der Waals surface area contributed by atoms with E-state index in [9.17, 15) is 14.3 Å². The molecule has 0 aromatic heterocycles. The third-order valence-corrected chi connectivity index (χ3v) is 8.74. The second kappa shape index (κ2) is 24.7. The van der Waals surface area contributed by atoms with Crippen LogP contribution in [0.3, 0.4) is 0 Å². The lowest BCUT2D eigenvalue weighted by Gasteiger charge is -2.32. The number of ether oxygens (including phenoxy) is 1. The molecule has 0 aliphatic rings. The van der Waals surface area contributed by atoms with Gasteiger partial charge in [-0.2, -0.15) is 0 Å². The number of carbonyl (C=O) groups excluding carboxylic acids is 1. The van der Waals surface area contributed by atoms with Crippen molar-refractivity contribution in [2.75, 3.05) is 54.1 Å². The molecule has 2 unspecified atom stereocenters. The molecule has 0 saturated carbocycles. The second-order valence-electron chi connectivity index (χ2n) is 13.1. The summed E-state index contributed by atoms with van der Waals surface area (Å²) in [6.07, 6.45) is 19.8. The Hall–Kier alpha value is -1.48. The van der Waals surface area contributed by atoms with Crippen LogP contribution in [-0.4, -0.2) is 75.6 Å². The van der Waals surface area contributed by atoms with Gasteiger partial charge in [-0.3, -0.25) is 4.57 Å². The fourth-order valence-corrected chi connectivity index (χ4v) is 5.86. The van der Waals surface area contributed by atoms with Crippen molar-refractivity contribution < 1.29 is 32.5 Å². The zero-order valence-electron chi connectivity index (χ0n) is 28.4. The van der Waals surface area contributed by atoms with Crippen LogP contribution >= 0.6 is 7.82 Å². The number of hydrogen-bond donors (Lipinski definition) is 1. The molecule has 0 bridgehead atoms. The van der Waals surface area contributed by atoms with Gasteiger partial charge in [-0.15, -0.1) is 0 Å². The maximum Gasteiger partial charge on any atom is 0.315 e. The topological polar surface area (TPSA) is 114 Å². The highest BCUT2D eigenvalue weighted by molar-refractivity contribution is 7.45. The van der Waals surface area contributed by atoms with Crippen molar-refractivity contribution in [2.45, 2.75) is 122 Å². The summed E-state index contributed by atoms with van der Waals surface area (Å²) in [7, 11) is 1.23. The number of likely N-dealkylation sites (N-methyl/N-ethyl adjacent to an activating group) is 1. The smallest absolute Gasteiger partial charge is 0.315 e. The Morgan fingerprint density at radius 3 is 1.82 bits per heavy atom. The highest BCUT2D eigenvalue weighted by atomic mass is 31.2. The van der Waals surface area contributed by atoms with E-state index in [2.05, 4.69) is 6.92 Å². The number of rotatable bonds is 29. The standard InChI is InChI=1S/C34H64N3O6P/c1-5-6-7-8-9-10-11-12-13-14-15-16-17-18-19-23-27-41-31-33(43-44(39,40)42-28-26-37(2,3)4)30-36(34(35)38)29-32-24-21-20-22-25-32/h20-22,24-25,33H,5-19,23,26-31H2,1-4H3,(H2-,35,38,39,40). The van der Waals surface area contributed by atoms with E-state index in [1.54, 1.807) is 0 Å². The number of nitrogens with zero attached hydrogens (tertiary/aromatic N) is 2. The Labute approximate surface area is 269 Å². The average molecular weight is 642 g/mol. The predicted octanol–water partition coefficient (Wildman–Crippen LogP) is 7.42. The van der Waals surface area contributed by atoms with Crippen molar-refractivity contribution in [3.8, 4) is 0 Å². The first-order chi connectivity index (χ1) is 21.0. The summed E-state index contributed by atoms with van der Waals surface area (Å²) in [6.45, 7) is 3.48. The second-order valence-corrected chi connectivity index (χ2v) is 14.5. The van der Waals surface area contributed by atoms with Gasteiger partial charge in [-0.1, -0.05) is 134 Å². The molecule has 0 spiro atoms. The van der Waals surface area contributed by atoms with Gasteiger partial charge >= 0.3 is 6.03 Å². The third kappa shape index (κ3) is 23.8. The lowest BCUT2D eigenvalue weighted by Crippen LogP contribution is -2.43. The first-order valence-electron chi connectivity index (χ1n) is 17.1. The van der Waals surface area contributed by atoms with Crippen molar-refractivity contribution >= 4 is 13.9 Å². The predicted molar refractivity (Wildman–Crippen MR) is 178 cm³/mol. The van der Waals surface area contributed by atoms with Crippen LogP contribution in [0.2, 0.25) is 0 Å². The number of phosphoric ester groups is 1. The lowest BCUT2D eigenvalue weighted by atomic mass is 10.0. The first-order valence-corrected chi connectivity index (χ1v) is 18.6. The number of benzene rings is 1. The number of quaternary nitrogens is 1. The number of phosphoric acid groups is 1. The zero-order valence-corrected chi connectivity index (χ0v) is 29.3. The van der Waals surface area contributed by atoms with Gasteiger partial charge in [0.15, 0.2) is 0 Å². The van der Waals surface area contributed by atoms with Crippen molar-refractivity contribution in [3.05, 3.63) is 35.9 Å². The van der Waals surface area contributed by atoms with Gasteiger partial charge in [0.25, 0.3) is 7.82 Å². The summed E-state index contributed by atoms with van der Waals surface area (Å²) in [5.74, 6) is 0. The first kappa shape index (κ1) is 40.5. The van der Waals surface area contributed by atoms with Gasteiger partial charge in [0.2, 0.25) is 0 Å². The van der Waals surface area contributed by atoms with E-state index >= 15 is 0 Å². The zero-order chi connectivity index (χ0) is 32.5. The quantitative estimate of drug-likeness (QED) is 0.0553. The summed E-state index contributed by atoms with van der Waals surface area (Å²) in [4.78, 5) is 26.2. The Bertz CT molecular complexity index is 884. The number of hydrogen-bond acceptors (Lipinski definition) is 6. The van der Waals surface area contributed by atoms with E-state index < -0.39 is 20.0 Å². The van der Waals surface area contributed by atoms with E-state index in [0.29, 0.717) is 17.6 Å². The minimum atomic E-state index is -4.62. The van der Waals surface area contributed by atoms with Gasteiger partial charge < -0.3 is 33.8 Å². The Morgan fingerprint density at radius 1 is 0.841 bits per heavy atom. The SMILES string of the molecule is CCCCCCCCCCCCCCCCCCOCC(CN(Cc1ccccc1)C(N)=O)OP(=O)([O-])OCC[N+](C)(C)C. The number of nitrogens with two attached hydrogens (primary N) is 1. The van der Waals surface area contributed by atoms with Crippen molar-refractivity contribution in [1.82, 2.24) is 4.90 Å². The molecule has 2 amide bonds. The molecule has 2 atom stereocenters. The average Bonchev–Trinajstić information content (AvgIpc) is 2.95. The largest absolute Gasteiger partial charge is 0.756 e. The molecule has 44 heavy (non-hydrogen) atoms. The number of unbranched alkanes of at least 4 members (excludes halogenated alkanes) is 15. The Balaban J connectivity index is 2.34. The minimum absolute atomic E-state index is 0.000593. The Kier molecular flexibility index (Phi) is 22.8. The van der Waals surface area contributed by atoms with Crippen LogP contribution in [-0.2, 0) is 24.9 Å². The molecule has 10 heteroatoms. The molecule has 1 aromatic rings. The van der Waals surface area contributed by atoms with Crippen LogP contribution in [0.1, 0.15) is 115 Å². The maximum absolute atomic E-state index is 12.6. The number of carbonyl (C=O) groups is 1. The lowest BCUT2D eigenvalue weighted by molar-refractivity contribution is -0.870. The van der Waals surface area contributed by atoms with E-state index in [0.717, 1.165) is 18.4 Å². The number of amides is 2. The molecule has 0 radical (unpaired) electrons. The summed E-state index contributed by atoms with van der Waals surface area (Å²) in [5.41, 5.74) is 6.51. The molecule has 0 aliphatic heterocycles. The molecule has 0 aliphatic carbocycles. The highest BCUT2D eigenvalue weighted by Gasteiger charge is 2.24. The maximum atomic E-state index is 12.6. The van der Waals surface area contributed by atoms with Crippen molar-refractivity contribution in [1.29, 1.82) is 0 Å². The summed E-state index contributed by atoms with van der Waals surface area (Å²) in [5, 5.41) is 0. The van der Waals surface area contributed by atoms with Gasteiger partial charge in [-0.05, 0) is 12.0 Å². The van der Waals surface area contributed by atoms with Crippen LogP contribution in [0.5, 0.6) is 0 Å². The van der Waals surface area contributed by atoms with Crippen LogP contribution in [0.15, 0.2) is 30.3 Å². The van der Waals surface area contributed by atoms with Gasteiger partial charge in [0.1, 0.15) is 19.3 Å². The van der Waals surface area contributed by atoms with Gasteiger partial charge in [0.05, 0.1) is 34.3 Å². The van der Waals surface area contributed by atoms with Crippen molar-refractivity contribution in [3.63, 3.8) is 0 Å². The number of primary amides is 1. The molecule has 1 rings (SSSR count). The van der Waals surface area contributed by atoms with Crippen LogP contribution in [0.25, 0.3) is 0 Å². The van der Waals surface area contributed by atoms with Gasteiger partial charge in [-0.25, -0.2) is 4.79 Å². The summed E-state index contributed by atoms with van der Waals surface area (Å²) in [6, 6.07) is 8.73.